The third-order valence-electron chi connectivity index (χ3n) is 7.05. The van der Waals surface area contributed by atoms with Gasteiger partial charge in [-0.05, 0) is 30.2 Å². The van der Waals surface area contributed by atoms with E-state index in [2.05, 4.69) is 40.0 Å². The molecule has 8 nitrogen and oxygen atoms in total. The van der Waals surface area contributed by atoms with E-state index in [0.29, 0.717) is 30.6 Å². The van der Waals surface area contributed by atoms with Crippen LogP contribution in [0.5, 0.6) is 0 Å². The summed E-state index contributed by atoms with van der Waals surface area (Å²) in [5.74, 6) is 1.21. The Kier molecular flexibility index (Phi) is 5.73. The van der Waals surface area contributed by atoms with Gasteiger partial charge in [0, 0.05) is 76.5 Å². The molecule has 32 heavy (non-hydrogen) atoms. The van der Waals surface area contributed by atoms with Crippen molar-refractivity contribution in [3.8, 4) is 0 Å². The molecule has 3 aliphatic heterocycles. The maximum absolute atomic E-state index is 12.7. The number of nitrogens with zero attached hydrogens (tertiary/aromatic N) is 5. The molecule has 0 N–H and O–H groups in total. The summed E-state index contributed by atoms with van der Waals surface area (Å²) in [4.78, 5) is 30.9. The molecule has 2 aromatic rings. The SMILES string of the molecule is CC(=O)c1ccn(C(=O)N2CCN(Cc3ccc(C)c(N4CC5COCC5C4)c3)CC2)n1. The molecule has 0 aliphatic carbocycles. The van der Waals surface area contributed by atoms with E-state index < -0.39 is 0 Å². The van der Waals surface area contributed by atoms with Crippen LogP contribution in [0.25, 0.3) is 0 Å². The molecule has 2 atom stereocenters. The van der Waals surface area contributed by atoms with Crippen LogP contribution in [0.4, 0.5) is 10.5 Å². The second kappa shape index (κ2) is 8.67. The molecule has 1 aromatic carbocycles. The molecule has 170 valence electrons. The average Bonchev–Trinajstić information content (AvgIpc) is 3.51. The Morgan fingerprint density at radius 2 is 1.78 bits per heavy atom. The van der Waals surface area contributed by atoms with Crippen molar-refractivity contribution in [1.82, 2.24) is 19.6 Å². The molecule has 2 unspecified atom stereocenters. The molecule has 3 fully saturated rings. The Balaban J connectivity index is 1.18. The van der Waals surface area contributed by atoms with Crippen molar-refractivity contribution in [2.75, 3.05) is 57.4 Å². The first-order chi connectivity index (χ1) is 15.5. The minimum atomic E-state index is -0.168. The van der Waals surface area contributed by atoms with Crippen LogP contribution < -0.4 is 4.90 Å². The van der Waals surface area contributed by atoms with Gasteiger partial charge in [0.15, 0.2) is 5.78 Å². The van der Waals surface area contributed by atoms with Crippen molar-refractivity contribution in [2.45, 2.75) is 20.4 Å². The van der Waals surface area contributed by atoms with E-state index in [1.54, 1.807) is 17.2 Å². The van der Waals surface area contributed by atoms with Gasteiger partial charge in [-0.15, -0.1) is 0 Å². The molecule has 3 aliphatic rings. The van der Waals surface area contributed by atoms with Gasteiger partial charge in [0.2, 0.25) is 0 Å². The summed E-state index contributed by atoms with van der Waals surface area (Å²) in [6, 6.07) is 8.23. The third-order valence-corrected chi connectivity index (χ3v) is 7.05. The summed E-state index contributed by atoms with van der Waals surface area (Å²) in [6.45, 7) is 11.5. The van der Waals surface area contributed by atoms with E-state index in [4.69, 9.17) is 4.74 Å². The maximum atomic E-state index is 12.7. The highest BCUT2D eigenvalue weighted by Crippen LogP contribution is 2.34. The first kappa shape index (κ1) is 21.2. The number of Topliss-reactive ketones (excluding diaryl/α,β-unsaturated/α-hetero) is 1. The van der Waals surface area contributed by atoms with Crippen LogP contribution in [0.15, 0.2) is 30.5 Å². The quantitative estimate of drug-likeness (QED) is 0.684. The van der Waals surface area contributed by atoms with Gasteiger partial charge in [0.1, 0.15) is 5.69 Å². The van der Waals surface area contributed by atoms with Crippen molar-refractivity contribution in [2.24, 2.45) is 11.8 Å². The fourth-order valence-electron chi connectivity index (χ4n) is 5.10. The van der Waals surface area contributed by atoms with E-state index in [1.165, 1.54) is 28.4 Å². The lowest BCUT2D eigenvalue weighted by Crippen LogP contribution is -2.49. The molecule has 3 saturated heterocycles. The first-order valence-electron chi connectivity index (χ1n) is 11.5. The largest absolute Gasteiger partial charge is 0.381 e. The zero-order valence-electron chi connectivity index (χ0n) is 18.9. The minimum Gasteiger partial charge on any atom is -0.381 e. The van der Waals surface area contributed by atoms with Gasteiger partial charge in [0.05, 0.1) is 13.2 Å². The predicted octanol–water partition coefficient (Wildman–Crippen LogP) is 2.26. The second-order valence-electron chi connectivity index (χ2n) is 9.33. The van der Waals surface area contributed by atoms with Crippen LogP contribution in [-0.2, 0) is 11.3 Å². The normalized spacial score (nSPS) is 23.6. The van der Waals surface area contributed by atoms with Gasteiger partial charge in [-0.25, -0.2) is 4.79 Å². The molecule has 1 aromatic heterocycles. The number of hydrogen-bond donors (Lipinski definition) is 0. The average molecular weight is 438 g/mol. The third kappa shape index (κ3) is 4.17. The summed E-state index contributed by atoms with van der Waals surface area (Å²) in [7, 11) is 0. The number of piperazine rings is 1. The first-order valence-corrected chi connectivity index (χ1v) is 11.5. The van der Waals surface area contributed by atoms with Crippen molar-refractivity contribution in [3.63, 3.8) is 0 Å². The Labute approximate surface area is 188 Å². The number of ether oxygens (including phenoxy) is 1. The highest BCUT2D eigenvalue weighted by molar-refractivity contribution is 5.92. The monoisotopic (exact) mass is 437 g/mol. The number of hydrogen-bond acceptors (Lipinski definition) is 6. The lowest BCUT2D eigenvalue weighted by molar-refractivity contribution is 0.101. The van der Waals surface area contributed by atoms with Gasteiger partial charge in [-0.1, -0.05) is 12.1 Å². The van der Waals surface area contributed by atoms with Gasteiger partial charge >= 0.3 is 6.03 Å². The Bertz CT molecular complexity index is 999. The molecule has 5 rings (SSSR count). The molecular formula is C24H31N5O3. The molecule has 0 saturated carbocycles. The van der Waals surface area contributed by atoms with Crippen LogP contribution in [0.2, 0.25) is 0 Å². The summed E-state index contributed by atoms with van der Waals surface area (Å²) in [5.41, 5.74) is 4.32. The standard InChI is InChI=1S/C24H31N5O3/c1-17-3-4-19(11-23(17)28-13-20-15-32-16-21(20)14-28)12-26-7-9-27(10-8-26)24(31)29-6-5-22(25-29)18(2)30/h3-6,11,20-21H,7-10,12-16H2,1-2H3. The molecule has 4 heterocycles. The van der Waals surface area contributed by atoms with Crippen molar-refractivity contribution < 1.29 is 14.3 Å². The number of amides is 1. The van der Waals surface area contributed by atoms with E-state index in [-0.39, 0.29) is 11.8 Å². The predicted molar refractivity (Wildman–Crippen MR) is 121 cm³/mol. The number of anilines is 1. The lowest BCUT2D eigenvalue weighted by Gasteiger charge is -2.34. The zero-order chi connectivity index (χ0) is 22.2. The Morgan fingerprint density at radius 1 is 1.06 bits per heavy atom. The molecule has 0 bridgehead atoms. The van der Waals surface area contributed by atoms with E-state index in [9.17, 15) is 9.59 Å². The number of benzene rings is 1. The number of fused-ring (bicyclic) bond motifs is 1. The van der Waals surface area contributed by atoms with Gasteiger partial charge < -0.3 is 14.5 Å². The molecule has 0 spiro atoms. The Morgan fingerprint density at radius 3 is 2.44 bits per heavy atom. The van der Waals surface area contributed by atoms with Crippen LogP contribution in [0, 0.1) is 18.8 Å². The highest BCUT2D eigenvalue weighted by Gasteiger charge is 2.37. The van der Waals surface area contributed by atoms with Gasteiger partial charge in [-0.3, -0.25) is 9.69 Å². The number of carbonyl (C=O) groups excluding carboxylic acids is 2. The van der Waals surface area contributed by atoms with Crippen molar-refractivity contribution >= 4 is 17.5 Å². The van der Waals surface area contributed by atoms with Crippen LogP contribution in [0.1, 0.15) is 28.5 Å². The Hall–Kier alpha value is -2.71. The van der Waals surface area contributed by atoms with Crippen molar-refractivity contribution in [3.05, 3.63) is 47.3 Å². The maximum Gasteiger partial charge on any atom is 0.344 e. The summed E-state index contributed by atoms with van der Waals surface area (Å²) >= 11 is 0. The van der Waals surface area contributed by atoms with Crippen LogP contribution >= 0.6 is 0 Å². The summed E-state index contributed by atoms with van der Waals surface area (Å²) < 4.78 is 6.91. The summed E-state index contributed by atoms with van der Waals surface area (Å²) in [5, 5.41) is 4.10. The fraction of sp³-hybridized carbons (Fsp3) is 0.542. The minimum absolute atomic E-state index is 0.135. The number of aryl methyl sites for hydroxylation is 1. The highest BCUT2D eigenvalue weighted by atomic mass is 16.5. The molecule has 0 radical (unpaired) electrons. The smallest absolute Gasteiger partial charge is 0.344 e. The van der Waals surface area contributed by atoms with Crippen LogP contribution in [-0.4, -0.2) is 83.9 Å². The lowest BCUT2D eigenvalue weighted by atomic mass is 10.0. The van der Waals surface area contributed by atoms with Crippen molar-refractivity contribution in [1.29, 1.82) is 0 Å². The number of aromatic nitrogens is 2. The number of ketones is 1. The molecule has 1 amide bonds. The zero-order valence-corrected chi connectivity index (χ0v) is 18.9. The molecule has 8 heteroatoms. The van der Waals surface area contributed by atoms with E-state index in [0.717, 1.165) is 45.9 Å². The van der Waals surface area contributed by atoms with E-state index >= 15 is 0 Å². The van der Waals surface area contributed by atoms with E-state index in [1.807, 2.05) is 0 Å². The number of rotatable bonds is 4. The van der Waals surface area contributed by atoms with Gasteiger partial charge in [-0.2, -0.15) is 9.78 Å². The summed E-state index contributed by atoms with van der Waals surface area (Å²) in [6.07, 6.45) is 1.57. The molecular weight excluding hydrogens is 406 g/mol. The van der Waals surface area contributed by atoms with Crippen LogP contribution in [0.3, 0.4) is 0 Å². The van der Waals surface area contributed by atoms with Gasteiger partial charge in [0.25, 0.3) is 0 Å². The fourth-order valence-corrected chi connectivity index (χ4v) is 5.10. The topological polar surface area (TPSA) is 70.9 Å². The second-order valence-corrected chi connectivity index (χ2v) is 9.33. The number of carbonyl (C=O) groups is 2.